The number of hydrogen-bond donors (Lipinski definition) is 3. The van der Waals surface area contributed by atoms with Gasteiger partial charge < -0.3 is 16.0 Å². The highest BCUT2D eigenvalue weighted by Gasteiger charge is 2.31. The number of allylic oxidation sites excluding steroid dienone is 1. The number of nitrogens with one attached hydrogen (secondary N) is 3. The molecule has 1 aliphatic rings. The highest BCUT2D eigenvalue weighted by atomic mass is 127. The van der Waals surface area contributed by atoms with Gasteiger partial charge in [0, 0.05) is 15.0 Å². The zero-order chi connectivity index (χ0) is 18.8. The first-order valence-corrected chi connectivity index (χ1v) is 9.49. The molecule has 8 heteroatoms. The van der Waals surface area contributed by atoms with Gasteiger partial charge in [0.2, 0.25) is 0 Å². The largest absolute Gasteiger partial charge is 0.327 e. The van der Waals surface area contributed by atoms with E-state index < -0.39 is 6.04 Å². The molecule has 1 heterocycles. The van der Waals surface area contributed by atoms with Gasteiger partial charge in [-0.15, -0.1) is 0 Å². The van der Waals surface area contributed by atoms with Crippen molar-refractivity contribution in [2.45, 2.75) is 13.0 Å². The smallest absolute Gasteiger partial charge is 0.319 e. The van der Waals surface area contributed by atoms with Crippen LogP contribution < -0.4 is 16.0 Å². The van der Waals surface area contributed by atoms with Crippen LogP contribution >= 0.6 is 45.8 Å². The van der Waals surface area contributed by atoms with Crippen LogP contribution in [0.5, 0.6) is 0 Å². The van der Waals surface area contributed by atoms with Crippen molar-refractivity contribution in [1.82, 2.24) is 10.6 Å². The van der Waals surface area contributed by atoms with E-state index in [1.807, 2.05) is 24.3 Å². The summed E-state index contributed by atoms with van der Waals surface area (Å²) in [6, 6.07) is 11.4. The summed E-state index contributed by atoms with van der Waals surface area (Å²) in [4.78, 5) is 24.8. The molecule has 3 amide bonds. The summed E-state index contributed by atoms with van der Waals surface area (Å²) in [5.74, 6) is -0.313. The molecule has 2 aromatic rings. The summed E-state index contributed by atoms with van der Waals surface area (Å²) >= 11 is 14.3. The molecule has 0 saturated carbocycles. The maximum absolute atomic E-state index is 12.9. The van der Waals surface area contributed by atoms with E-state index in [1.165, 1.54) is 0 Å². The number of benzene rings is 2. The number of amides is 3. The van der Waals surface area contributed by atoms with E-state index in [2.05, 4.69) is 38.5 Å². The minimum atomic E-state index is -0.637. The van der Waals surface area contributed by atoms with Gasteiger partial charge in [-0.1, -0.05) is 29.3 Å². The molecular formula is C18H14Cl2IN3O2. The quantitative estimate of drug-likeness (QED) is 0.525. The molecule has 5 nitrogen and oxygen atoms in total. The van der Waals surface area contributed by atoms with Gasteiger partial charge in [-0.25, -0.2) is 4.79 Å². The Labute approximate surface area is 174 Å². The van der Waals surface area contributed by atoms with Gasteiger partial charge in [0.15, 0.2) is 0 Å². The van der Waals surface area contributed by atoms with Gasteiger partial charge in [-0.05, 0) is 71.5 Å². The second-order valence-electron chi connectivity index (χ2n) is 5.70. The molecule has 0 fully saturated rings. The fourth-order valence-corrected chi connectivity index (χ4v) is 3.33. The summed E-state index contributed by atoms with van der Waals surface area (Å²) in [5, 5.41) is 9.02. The lowest BCUT2D eigenvalue weighted by Gasteiger charge is -2.29. The van der Waals surface area contributed by atoms with Crippen molar-refractivity contribution >= 4 is 63.4 Å². The van der Waals surface area contributed by atoms with Gasteiger partial charge in [-0.2, -0.15) is 0 Å². The predicted molar refractivity (Wildman–Crippen MR) is 111 cm³/mol. The minimum Gasteiger partial charge on any atom is -0.327 e. The van der Waals surface area contributed by atoms with Crippen LogP contribution in [0.4, 0.5) is 10.5 Å². The minimum absolute atomic E-state index is 0.313. The van der Waals surface area contributed by atoms with Crippen LogP contribution in [-0.4, -0.2) is 11.9 Å². The third-order valence-corrected chi connectivity index (χ3v) is 5.35. The summed E-state index contributed by atoms with van der Waals surface area (Å²) in [5.41, 5.74) is 2.22. The second-order valence-corrected chi connectivity index (χ2v) is 7.76. The first kappa shape index (κ1) is 19.0. The molecule has 0 aliphatic carbocycles. The van der Waals surface area contributed by atoms with Gasteiger partial charge in [0.1, 0.15) is 0 Å². The molecule has 0 spiro atoms. The molecule has 0 saturated heterocycles. The third-order valence-electron chi connectivity index (χ3n) is 3.89. The van der Waals surface area contributed by atoms with Gasteiger partial charge >= 0.3 is 6.03 Å². The lowest BCUT2D eigenvalue weighted by atomic mass is 9.95. The first-order chi connectivity index (χ1) is 12.3. The number of rotatable bonds is 3. The zero-order valence-corrected chi connectivity index (χ0v) is 17.2. The molecular weight excluding hydrogens is 488 g/mol. The van der Waals surface area contributed by atoms with Crippen LogP contribution in [-0.2, 0) is 4.79 Å². The normalized spacial score (nSPS) is 16.8. The zero-order valence-electron chi connectivity index (χ0n) is 13.6. The Bertz CT molecular complexity index is 913. The maximum atomic E-state index is 12.9. The van der Waals surface area contributed by atoms with E-state index in [4.69, 9.17) is 23.2 Å². The SMILES string of the molecule is CC1=C(C(=O)Nc2ccc(I)cc2)C(c2ccc(Cl)c(Cl)c2)NC(=O)N1. The molecule has 0 aromatic heterocycles. The third kappa shape index (κ3) is 4.13. The summed E-state index contributed by atoms with van der Waals surface area (Å²) in [6.45, 7) is 1.69. The molecule has 0 bridgehead atoms. The van der Waals surface area contributed by atoms with Crippen LogP contribution in [0.3, 0.4) is 0 Å². The van der Waals surface area contributed by atoms with Crippen LogP contribution in [0.15, 0.2) is 53.7 Å². The Balaban J connectivity index is 1.95. The number of carbonyl (C=O) groups is 2. The fraction of sp³-hybridized carbons (Fsp3) is 0.111. The van der Waals surface area contributed by atoms with Crippen molar-refractivity contribution in [2.75, 3.05) is 5.32 Å². The Kier molecular flexibility index (Phi) is 5.74. The van der Waals surface area contributed by atoms with E-state index in [-0.39, 0.29) is 11.9 Å². The molecule has 1 atom stereocenters. The average molecular weight is 502 g/mol. The van der Waals surface area contributed by atoms with E-state index >= 15 is 0 Å². The summed E-state index contributed by atoms with van der Waals surface area (Å²) < 4.78 is 1.07. The lowest BCUT2D eigenvalue weighted by molar-refractivity contribution is -0.113. The number of urea groups is 1. The molecule has 1 unspecified atom stereocenters. The highest BCUT2D eigenvalue weighted by Crippen LogP contribution is 2.32. The number of hydrogen-bond acceptors (Lipinski definition) is 2. The van der Waals surface area contributed by atoms with Crippen LogP contribution in [0.2, 0.25) is 10.0 Å². The van der Waals surface area contributed by atoms with Gasteiger partial charge in [0.25, 0.3) is 5.91 Å². The van der Waals surface area contributed by atoms with Crippen LogP contribution in [0.1, 0.15) is 18.5 Å². The standard InChI is InChI=1S/C18H14Cl2IN3O2/c1-9-15(17(25)23-12-5-3-11(21)4-6-12)16(24-18(26)22-9)10-2-7-13(19)14(20)8-10/h2-8,16H,1H3,(H,23,25)(H2,22,24,26). The van der Waals surface area contributed by atoms with E-state index in [1.54, 1.807) is 25.1 Å². The topological polar surface area (TPSA) is 70.2 Å². The lowest BCUT2D eigenvalue weighted by Crippen LogP contribution is -2.45. The van der Waals surface area contributed by atoms with Gasteiger partial charge in [-0.3, -0.25) is 4.79 Å². The van der Waals surface area contributed by atoms with Crippen LogP contribution in [0.25, 0.3) is 0 Å². The molecule has 0 radical (unpaired) electrons. The number of anilines is 1. The molecule has 3 rings (SSSR count). The van der Waals surface area contributed by atoms with Crippen molar-refractivity contribution in [3.05, 3.63) is 72.9 Å². The Morgan fingerprint density at radius 2 is 1.81 bits per heavy atom. The number of carbonyl (C=O) groups excluding carboxylic acids is 2. The van der Waals surface area contributed by atoms with Crippen molar-refractivity contribution in [2.24, 2.45) is 0 Å². The fourth-order valence-electron chi connectivity index (χ4n) is 2.67. The Hall–Kier alpha value is -1.77. The monoisotopic (exact) mass is 501 g/mol. The van der Waals surface area contributed by atoms with Crippen molar-refractivity contribution in [3.8, 4) is 0 Å². The molecule has 134 valence electrons. The maximum Gasteiger partial charge on any atom is 0.319 e. The molecule has 2 aromatic carbocycles. The average Bonchev–Trinajstić information content (AvgIpc) is 2.58. The molecule has 26 heavy (non-hydrogen) atoms. The van der Waals surface area contributed by atoms with Crippen molar-refractivity contribution in [1.29, 1.82) is 0 Å². The highest BCUT2D eigenvalue weighted by molar-refractivity contribution is 14.1. The predicted octanol–water partition coefficient (Wildman–Crippen LogP) is 4.86. The Morgan fingerprint density at radius 3 is 2.46 bits per heavy atom. The molecule has 3 N–H and O–H groups in total. The van der Waals surface area contributed by atoms with E-state index in [0.717, 1.165) is 3.57 Å². The van der Waals surface area contributed by atoms with Crippen LogP contribution in [0, 0.1) is 3.57 Å². The molecule has 1 aliphatic heterocycles. The van der Waals surface area contributed by atoms with Crippen molar-refractivity contribution < 1.29 is 9.59 Å². The van der Waals surface area contributed by atoms with E-state index in [0.29, 0.717) is 32.6 Å². The van der Waals surface area contributed by atoms with E-state index in [9.17, 15) is 9.59 Å². The Morgan fingerprint density at radius 1 is 1.12 bits per heavy atom. The van der Waals surface area contributed by atoms with Gasteiger partial charge in [0.05, 0.1) is 21.7 Å². The second kappa shape index (κ2) is 7.85. The first-order valence-electron chi connectivity index (χ1n) is 7.65. The number of halogens is 3. The summed E-state index contributed by atoms with van der Waals surface area (Å²) in [6.07, 6.45) is 0. The van der Waals surface area contributed by atoms with Crippen molar-refractivity contribution in [3.63, 3.8) is 0 Å². The summed E-state index contributed by atoms with van der Waals surface area (Å²) in [7, 11) is 0.